The van der Waals surface area contributed by atoms with Crippen molar-refractivity contribution in [2.24, 2.45) is 0 Å². The van der Waals surface area contributed by atoms with Crippen LogP contribution in [0.2, 0.25) is 0 Å². The highest BCUT2D eigenvalue weighted by molar-refractivity contribution is 14.0. The van der Waals surface area contributed by atoms with Gasteiger partial charge in [0.25, 0.3) is 0 Å². The average Bonchev–Trinajstić information content (AvgIpc) is 2.83. The van der Waals surface area contributed by atoms with E-state index in [-0.39, 0.29) is 29.8 Å². The highest BCUT2D eigenvalue weighted by Gasteiger charge is 2.21. The van der Waals surface area contributed by atoms with E-state index in [2.05, 4.69) is 0 Å². The molecule has 22 heavy (non-hydrogen) atoms. The second-order valence-electron chi connectivity index (χ2n) is 4.71. The number of hydrogen-bond acceptors (Lipinski definition) is 4. The molecule has 5 heteroatoms. The fraction of sp³-hybridized carbons (Fsp3) is 0.118. The van der Waals surface area contributed by atoms with Crippen LogP contribution in [0.15, 0.2) is 71.9 Å². The van der Waals surface area contributed by atoms with Crippen molar-refractivity contribution in [2.45, 2.75) is 0 Å². The predicted molar refractivity (Wildman–Crippen MR) is 96.3 cm³/mol. The molecule has 0 aromatic heterocycles. The van der Waals surface area contributed by atoms with Gasteiger partial charge in [-0.2, -0.15) is 0 Å². The number of fused-ring (bicyclic) bond motifs is 1. The SMILES string of the molecule is COC1=C/C(=C\C=C2/Oc3ccccc3N2C)C=CC1=O.I. The zero-order valence-corrected chi connectivity index (χ0v) is 14.6. The molecule has 0 saturated carbocycles. The first-order valence-electron chi connectivity index (χ1n) is 6.60. The number of anilines is 1. The molecule has 1 aliphatic carbocycles. The Labute approximate surface area is 146 Å². The van der Waals surface area contributed by atoms with E-state index in [1.807, 2.05) is 48.4 Å². The van der Waals surface area contributed by atoms with Crippen molar-refractivity contribution in [2.75, 3.05) is 19.1 Å². The number of ether oxygens (including phenoxy) is 2. The molecule has 1 aromatic rings. The van der Waals surface area contributed by atoms with Gasteiger partial charge < -0.3 is 14.4 Å². The van der Waals surface area contributed by atoms with Crippen LogP contribution in [0.1, 0.15) is 0 Å². The highest BCUT2D eigenvalue weighted by Crippen LogP contribution is 2.37. The molecular weight excluding hydrogens is 393 g/mol. The molecule has 1 aromatic carbocycles. The van der Waals surface area contributed by atoms with Crippen molar-refractivity contribution in [1.82, 2.24) is 0 Å². The molecule has 0 unspecified atom stereocenters. The lowest BCUT2D eigenvalue weighted by Gasteiger charge is -2.10. The van der Waals surface area contributed by atoms with Gasteiger partial charge in [-0.1, -0.05) is 18.2 Å². The standard InChI is InChI=1S/C17H15NO3.HI/c1-18-13-5-3-4-6-15(13)21-17(18)10-8-12-7-9-14(19)16(11-12)20-2;/h3-11H,1-2H3;1H/b12-8-,17-10-;. The molecule has 114 valence electrons. The summed E-state index contributed by atoms with van der Waals surface area (Å²) in [6, 6.07) is 7.85. The fourth-order valence-corrected chi connectivity index (χ4v) is 2.22. The number of ketones is 1. The van der Waals surface area contributed by atoms with Crippen LogP contribution in [0.4, 0.5) is 5.69 Å². The minimum Gasteiger partial charge on any atom is -0.493 e. The molecule has 1 aliphatic heterocycles. The van der Waals surface area contributed by atoms with E-state index in [1.165, 1.54) is 13.2 Å². The lowest BCUT2D eigenvalue weighted by Crippen LogP contribution is -2.12. The van der Waals surface area contributed by atoms with Gasteiger partial charge in [-0.25, -0.2) is 0 Å². The minimum absolute atomic E-state index is 0. The van der Waals surface area contributed by atoms with Gasteiger partial charge in [-0.3, -0.25) is 4.79 Å². The summed E-state index contributed by atoms with van der Waals surface area (Å²) in [4.78, 5) is 13.5. The van der Waals surface area contributed by atoms with Crippen LogP contribution < -0.4 is 9.64 Å². The molecule has 0 amide bonds. The van der Waals surface area contributed by atoms with Crippen molar-refractivity contribution in [1.29, 1.82) is 0 Å². The van der Waals surface area contributed by atoms with E-state index < -0.39 is 0 Å². The first-order valence-corrected chi connectivity index (χ1v) is 6.60. The topological polar surface area (TPSA) is 38.8 Å². The maximum atomic E-state index is 11.5. The van der Waals surface area contributed by atoms with Crippen LogP contribution in [0.5, 0.6) is 5.75 Å². The molecule has 0 bridgehead atoms. The van der Waals surface area contributed by atoms with Crippen molar-refractivity contribution in [3.8, 4) is 5.75 Å². The van der Waals surface area contributed by atoms with Gasteiger partial charge in [0.2, 0.25) is 5.78 Å². The summed E-state index contributed by atoms with van der Waals surface area (Å²) in [7, 11) is 3.44. The number of carbonyl (C=O) groups excluding carboxylic acids is 1. The lowest BCUT2D eigenvalue weighted by molar-refractivity contribution is -0.114. The normalized spacial score (nSPS) is 19.6. The van der Waals surface area contributed by atoms with Gasteiger partial charge in [0, 0.05) is 7.05 Å². The van der Waals surface area contributed by atoms with Crippen molar-refractivity contribution < 1.29 is 14.3 Å². The molecule has 3 rings (SSSR count). The van der Waals surface area contributed by atoms with Crippen molar-refractivity contribution in [3.63, 3.8) is 0 Å². The number of allylic oxidation sites excluding steroid dienone is 6. The van der Waals surface area contributed by atoms with Gasteiger partial charge >= 0.3 is 0 Å². The van der Waals surface area contributed by atoms with Crippen LogP contribution in [0.3, 0.4) is 0 Å². The van der Waals surface area contributed by atoms with E-state index in [4.69, 9.17) is 9.47 Å². The van der Waals surface area contributed by atoms with Gasteiger partial charge in [-0.15, -0.1) is 24.0 Å². The molecule has 0 atom stereocenters. The van der Waals surface area contributed by atoms with E-state index in [0.29, 0.717) is 5.76 Å². The Morgan fingerprint density at radius 3 is 2.68 bits per heavy atom. The summed E-state index contributed by atoms with van der Waals surface area (Å²) in [6.45, 7) is 0. The Hall–Kier alpha value is -2.02. The highest BCUT2D eigenvalue weighted by atomic mass is 127. The average molecular weight is 409 g/mol. The first kappa shape index (κ1) is 16.4. The summed E-state index contributed by atoms with van der Waals surface area (Å²) >= 11 is 0. The predicted octanol–water partition coefficient (Wildman–Crippen LogP) is 3.57. The van der Waals surface area contributed by atoms with Gasteiger partial charge in [-0.05, 0) is 42.0 Å². The number of carbonyl (C=O) groups is 1. The maximum Gasteiger partial charge on any atom is 0.220 e. The van der Waals surface area contributed by atoms with Crippen molar-refractivity contribution in [3.05, 3.63) is 71.9 Å². The third kappa shape index (κ3) is 3.09. The van der Waals surface area contributed by atoms with E-state index >= 15 is 0 Å². The van der Waals surface area contributed by atoms with Crippen LogP contribution in [-0.4, -0.2) is 19.9 Å². The van der Waals surface area contributed by atoms with E-state index in [1.54, 1.807) is 12.2 Å². The molecule has 4 nitrogen and oxygen atoms in total. The number of benzene rings is 1. The Bertz CT molecular complexity index is 716. The molecule has 0 fully saturated rings. The summed E-state index contributed by atoms with van der Waals surface area (Å²) in [5, 5.41) is 0. The Kier molecular flexibility index (Phi) is 5.07. The number of nitrogens with zero attached hydrogens (tertiary/aromatic N) is 1. The summed E-state index contributed by atoms with van der Waals surface area (Å²) in [5.41, 5.74) is 1.91. The molecule has 2 aliphatic rings. The third-order valence-corrected chi connectivity index (χ3v) is 3.38. The molecule has 0 saturated heterocycles. The van der Waals surface area contributed by atoms with Crippen molar-refractivity contribution >= 4 is 35.4 Å². The minimum atomic E-state index is -0.121. The molecule has 0 radical (unpaired) electrons. The summed E-state index contributed by atoms with van der Waals surface area (Å²) < 4.78 is 10.8. The molecule has 1 heterocycles. The van der Waals surface area contributed by atoms with Crippen LogP contribution in [0, 0.1) is 0 Å². The monoisotopic (exact) mass is 409 g/mol. The third-order valence-electron chi connectivity index (χ3n) is 3.38. The zero-order valence-electron chi connectivity index (χ0n) is 12.3. The quantitative estimate of drug-likeness (QED) is 0.701. The van der Waals surface area contributed by atoms with E-state index in [9.17, 15) is 4.79 Å². The smallest absolute Gasteiger partial charge is 0.220 e. The molecular formula is C17H16INO3. The van der Waals surface area contributed by atoms with Gasteiger partial charge in [0.15, 0.2) is 17.4 Å². The number of hydrogen-bond donors (Lipinski definition) is 0. The first-order chi connectivity index (χ1) is 10.2. The number of para-hydroxylation sites is 2. The summed E-state index contributed by atoms with van der Waals surface area (Å²) in [6.07, 6.45) is 8.72. The lowest BCUT2D eigenvalue weighted by atomic mass is 10.1. The number of halogens is 1. The fourth-order valence-electron chi connectivity index (χ4n) is 2.22. The molecule has 0 spiro atoms. The van der Waals surface area contributed by atoms with Crippen LogP contribution >= 0.6 is 24.0 Å². The second-order valence-corrected chi connectivity index (χ2v) is 4.71. The van der Waals surface area contributed by atoms with Gasteiger partial charge in [0.05, 0.1) is 12.8 Å². The number of rotatable bonds is 2. The van der Waals surface area contributed by atoms with Gasteiger partial charge in [0.1, 0.15) is 0 Å². The maximum absolute atomic E-state index is 11.5. The second kappa shape index (κ2) is 6.83. The van der Waals surface area contributed by atoms with Crippen LogP contribution in [0.25, 0.3) is 0 Å². The largest absolute Gasteiger partial charge is 0.493 e. The Morgan fingerprint density at radius 2 is 1.95 bits per heavy atom. The zero-order chi connectivity index (χ0) is 14.8. The number of methoxy groups -OCH3 is 1. The Morgan fingerprint density at radius 1 is 1.18 bits per heavy atom. The van der Waals surface area contributed by atoms with Crippen LogP contribution in [-0.2, 0) is 9.53 Å². The molecule has 0 N–H and O–H groups in total. The summed E-state index contributed by atoms with van der Waals surface area (Å²) in [5.74, 6) is 1.79. The Balaban J connectivity index is 0.00000176. The van der Waals surface area contributed by atoms with E-state index in [0.717, 1.165) is 22.9 Å².